The van der Waals surface area contributed by atoms with Crippen molar-refractivity contribution < 1.29 is 28.3 Å². The molecule has 3 aromatic heterocycles. The third-order valence-electron chi connectivity index (χ3n) is 9.42. The van der Waals surface area contributed by atoms with Gasteiger partial charge in [0.15, 0.2) is 0 Å². The Hall–Kier alpha value is -3.73. The van der Waals surface area contributed by atoms with Gasteiger partial charge in [0, 0.05) is 45.4 Å². The quantitative estimate of drug-likeness (QED) is 0.123. The Labute approximate surface area is 357 Å². The predicted molar refractivity (Wildman–Crippen MR) is 239 cm³/mol. The van der Waals surface area contributed by atoms with Crippen molar-refractivity contribution in [1.29, 1.82) is 0 Å². The average molecular weight is 943 g/mol. The number of pyridine rings is 2. The van der Waals surface area contributed by atoms with Gasteiger partial charge in [-0.05, 0) is 84.9 Å². The number of hydrogen-bond donors (Lipinski definition) is 0. The molecule has 1 radical (unpaired) electrons. The van der Waals surface area contributed by atoms with E-state index in [0.29, 0.717) is 11.3 Å². The van der Waals surface area contributed by atoms with Gasteiger partial charge >= 0.3 is 0 Å². The van der Waals surface area contributed by atoms with E-state index in [4.69, 9.17) is 13.2 Å². The normalized spacial score (nSPS) is 14.4. The third-order valence-corrected chi connectivity index (χ3v) is 12.6. The summed E-state index contributed by atoms with van der Waals surface area (Å²) in [5.74, 6) is -1.07. The maximum Gasteiger partial charge on any atom is 0.0798 e. The number of aromatic nitrogens is 2. The summed E-state index contributed by atoms with van der Waals surface area (Å²) in [6, 6.07) is 37.4. The molecule has 7 rings (SSSR count). The largest absolute Gasteiger partial charge is 0.305 e. The summed E-state index contributed by atoms with van der Waals surface area (Å²) < 4.78 is 52.1. The molecule has 0 amide bonds. The minimum absolute atomic E-state index is 0. The van der Waals surface area contributed by atoms with Crippen molar-refractivity contribution >= 4 is 44.8 Å². The van der Waals surface area contributed by atoms with Crippen molar-refractivity contribution in [3.63, 3.8) is 0 Å². The van der Waals surface area contributed by atoms with Gasteiger partial charge in [0.2, 0.25) is 0 Å². The molecule has 4 aromatic carbocycles. The summed E-state index contributed by atoms with van der Waals surface area (Å²) in [6.45, 7) is 20.3. The summed E-state index contributed by atoms with van der Waals surface area (Å²) in [7, 11) is -1.74. The van der Waals surface area contributed by atoms with Crippen molar-refractivity contribution in [1.82, 2.24) is 9.97 Å². The van der Waals surface area contributed by atoms with Crippen molar-refractivity contribution in [2.45, 2.75) is 99.6 Å². The number of rotatable bonds is 6. The molecular formula is C50H56IrN2SSi-2. The van der Waals surface area contributed by atoms with Crippen molar-refractivity contribution in [3.8, 4) is 33.6 Å². The van der Waals surface area contributed by atoms with Crippen molar-refractivity contribution in [3.05, 3.63) is 138 Å². The smallest absolute Gasteiger partial charge is 0.0798 e. The van der Waals surface area contributed by atoms with E-state index in [9.17, 15) is 0 Å². The zero-order valence-electron chi connectivity index (χ0n) is 40.0. The molecule has 7 aromatic rings. The maximum absolute atomic E-state index is 8.87. The standard InChI is InChI=1S/C27H22NS.C23H34NSi.Ir/c1-17(2)24-15-25(28-16-18(24)3)23-11-7-10-22-21-13-12-20(14-26(21)29-27(22)23)19-8-5-4-6-9-19;1-22(2,3)15-18-14-20(24-16-21(18)25(7,8)9)17-10-12-19(13-11-17)23(4,5)6;/h4-10,12-17H,1-3H3;10,12-14,16H,15H2,1-9H3;/q2*-1;/i3D3,17D;15D2;. The van der Waals surface area contributed by atoms with Crippen LogP contribution < -0.4 is 5.19 Å². The number of thiophene rings is 1. The molecule has 287 valence electrons. The van der Waals surface area contributed by atoms with Crippen molar-refractivity contribution in [2.24, 2.45) is 5.41 Å². The molecule has 0 fully saturated rings. The Morgan fingerprint density at radius 1 is 0.818 bits per heavy atom. The molecule has 0 atom stereocenters. The minimum atomic E-state index is -2.32. The van der Waals surface area contributed by atoms with Crippen LogP contribution in [0.1, 0.15) is 91.8 Å². The van der Waals surface area contributed by atoms with Gasteiger partial charge in [-0.25, -0.2) is 0 Å². The van der Waals surface area contributed by atoms with Gasteiger partial charge in [0.1, 0.15) is 0 Å². The molecule has 5 heteroatoms. The van der Waals surface area contributed by atoms with Crippen LogP contribution in [0.4, 0.5) is 0 Å². The van der Waals surface area contributed by atoms with Crippen LogP contribution in [0.15, 0.2) is 103 Å². The first-order valence-electron chi connectivity index (χ1n) is 21.7. The van der Waals surface area contributed by atoms with E-state index in [1.54, 1.807) is 31.3 Å². The Kier molecular flexibility index (Phi) is 10.5. The third kappa shape index (κ3) is 9.99. The molecule has 2 nitrogen and oxygen atoms in total. The Bertz CT molecular complexity index is 2650. The van der Waals surface area contributed by atoms with Crippen LogP contribution in [0.5, 0.6) is 0 Å². The van der Waals surface area contributed by atoms with E-state index < -0.39 is 32.6 Å². The molecule has 55 heavy (non-hydrogen) atoms. The Morgan fingerprint density at radius 3 is 2.16 bits per heavy atom. The number of fused-ring (bicyclic) bond motifs is 3. The van der Waals surface area contributed by atoms with Crippen LogP contribution in [0, 0.1) is 24.4 Å². The minimum Gasteiger partial charge on any atom is -0.305 e. The van der Waals surface area contributed by atoms with E-state index >= 15 is 0 Å². The molecule has 0 N–H and O–H groups in total. The summed E-state index contributed by atoms with van der Waals surface area (Å²) in [6.07, 6.45) is 1.87. The summed E-state index contributed by atoms with van der Waals surface area (Å²) in [5.41, 5.74) is 7.70. The summed E-state index contributed by atoms with van der Waals surface area (Å²) in [5, 5.41) is 3.39. The number of nitrogens with zero attached hydrogens (tertiary/aromatic N) is 2. The molecule has 0 saturated heterocycles. The topological polar surface area (TPSA) is 25.8 Å². The van der Waals surface area contributed by atoms with Crippen LogP contribution in [0.3, 0.4) is 0 Å². The first-order valence-corrected chi connectivity index (χ1v) is 23.0. The van der Waals surface area contributed by atoms with E-state index in [2.05, 4.69) is 100.0 Å². The van der Waals surface area contributed by atoms with Gasteiger partial charge < -0.3 is 9.97 Å². The molecule has 0 saturated carbocycles. The van der Waals surface area contributed by atoms with E-state index in [0.717, 1.165) is 37.7 Å². The van der Waals surface area contributed by atoms with E-state index in [-0.39, 0.29) is 31.1 Å². The fourth-order valence-corrected chi connectivity index (χ4v) is 9.15. The first-order chi connectivity index (χ1) is 27.7. The molecule has 0 aliphatic carbocycles. The molecule has 0 bridgehead atoms. The van der Waals surface area contributed by atoms with Crippen LogP contribution in [0.2, 0.25) is 19.6 Å². The summed E-state index contributed by atoms with van der Waals surface area (Å²) in [4.78, 5) is 9.21. The number of hydrogen-bond acceptors (Lipinski definition) is 3. The molecule has 3 heterocycles. The molecule has 0 aliphatic rings. The second-order valence-corrected chi connectivity index (χ2v) is 23.5. The maximum atomic E-state index is 8.87. The van der Waals surface area contributed by atoms with Crippen LogP contribution >= 0.6 is 11.3 Å². The van der Waals surface area contributed by atoms with E-state index in [1.165, 1.54) is 33.0 Å². The fraction of sp³-hybridized carbons (Fsp3) is 0.320. The number of benzene rings is 4. The van der Waals surface area contributed by atoms with Gasteiger partial charge in [-0.1, -0.05) is 141 Å². The summed E-state index contributed by atoms with van der Waals surface area (Å²) >= 11 is 1.69. The van der Waals surface area contributed by atoms with Crippen LogP contribution in [0.25, 0.3) is 53.8 Å². The fourth-order valence-electron chi connectivity index (χ4n) is 6.51. The number of aryl methyl sites for hydroxylation is 1. The molecular weight excluding hydrogens is 881 g/mol. The first kappa shape index (κ1) is 34.5. The van der Waals surface area contributed by atoms with Gasteiger partial charge in [0.05, 0.1) is 8.07 Å². The van der Waals surface area contributed by atoms with Crippen LogP contribution in [-0.2, 0) is 31.9 Å². The van der Waals surface area contributed by atoms with Crippen LogP contribution in [-0.4, -0.2) is 18.0 Å². The van der Waals surface area contributed by atoms with Gasteiger partial charge in [-0.2, -0.15) is 11.3 Å². The Morgan fingerprint density at radius 2 is 1.55 bits per heavy atom. The zero-order valence-corrected chi connectivity index (χ0v) is 38.2. The molecule has 0 aliphatic heterocycles. The zero-order chi connectivity index (χ0) is 44.2. The predicted octanol–water partition coefficient (Wildman–Crippen LogP) is 14.0. The van der Waals surface area contributed by atoms with Gasteiger partial charge in [-0.15, -0.1) is 59.2 Å². The second kappa shape index (κ2) is 16.8. The Balaban J connectivity index is 0.000000232. The van der Waals surface area contributed by atoms with Crippen molar-refractivity contribution in [2.75, 3.05) is 0 Å². The SMILES string of the molecule is [2H]C([2H])([2H])c1cnc(-c2[c-]ccc3c2sc2cc(-c4ccccc4)ccc23)cc1C([2H])(C)C.[2H]C([2H])(c1cc(-c2[c-]cc(C(C)(C)C)cc2)ncc1[Si](C)(C)C)C(C)(C)C.[Ir]. The second-order valence-electron chi connectivity index (χ2n) is 17.4. The van der Waals surface area contributed by atoms with Gasteiger partial charge in [0.25, 0.3) is 0 Å². The average Bonchev–Trinajstić information content (AvgIpc) is 3.54. The van der Waals surface area contributed by atoms with Gasteiger partial charge in [-0.3, -0.25) is 0 Å². The molecule has 0 spiro atoms. The van der Waals surface area contributed by atoms with E-state index in [1.807, 2.05) is 69.4 Å². The molecule has 0 unspecified atom stereocenters. The monoisotopic (exact) mass is 943 g/mol.